The van der Waals surface area contributed by atoms with Gasteiger partial charge in [0, 0.05) is 11.4 Å². The van der Waals surface area contributed by atoms with Crippen molar-refractivity contribution < 1.29 is 0 Å². The van der Waals surface area contributed by atoms with Gasteiger partial charge in [-0.15, -0.1) is 11.3 Å². The molecule has 0 unspecified atom stereocenters. The molecule has 0 radical (unpaired) electrons. The molecule has 2 aromatic rings. The molecule has 5 heteroatoms. The molecule has 1 aliphatic rings. The average molecular weight is 319 g/mol. The molecule has 0 saturated carbocycles. The van der Waals surface area contributed by atoms with Crippen LogP contribution < -0.4 is 5.56 Å². The van der Waals surface area contributed by atoms with Gasteiger partial charge < -0.3 is 4.90 Å². The highest BCUT2D eigenvalue weighted by atomic mass is 32.1. The normalized spacial score (nSPS) is 15.0. The van der Waals surface area contributed by atoms with Gasteiger partial charge in [0.2, 0.25) is 0 Å². The average Bonchev–Trinajstić information content (AvgIpc) is 2.80. The molecule has 0 atom stereocenters. The molecule has 2 aromatic heterocycles. The van der Waals surface area contributed by atoms with E-state index in [2.05, 4.69) is 18.7 Å². The van der Waals surface area contributed by atoms with Crippen LogP contribution in [0.15, 0.2) is 4.79 Å². The van der Waals surface area contributed by atoms with E-state index >= 15 is 0 Å². The first-order chi connectivity index (χ1) is 10.5. The monoisotopic (exact) mass is 319 g/mol. The zero-order valence-corrected chi connectivity index (χ0v) is 14.8. The van der Waals surface area contributed by atoms with Crippen LogP contribution in [0.2, 0.25) is 0 Å². The van der Waals surface area contributed by atoms with Crippen molar-refractivity contribution in [1.82, 2.24) is 14.5 Å². The Labute approximate surface area is 135 Å². The van der Waals surface area contributed by atoms with E-state index in [1.807, 2.05) is 18.7 Å². The summed E-state index contributed by atoms with van der Waals surface area (Å²) in [5.74, 6) is 1.34. The predicted molar refractivity (Wildman–Crippen MR) is 92.8 cm³/mol. The minimum atomic E-state index is 0.176. The van der Waals surface area contributed by atoms with E-state index in [1.54, 1.807) is 11.3 Å². The number of rotatable bonds is 4. The van der Waals surface area contributed by atoms with Crippen molar-refractivity contribution in [3.8, 4) is 0 Å². The van der Waals surface area contributed by atoms with Gasteiger partial charge in [0.1, 0.15) is 10.7 Å². The van der Waals surface area contributed by atoms with E-state index in [1.165, 1.54) is 23.3 Å². The Morgan fingerprint density at radius 1 is 1.27 bits per heavy atom. The van der Waals surface area contributed by atoms with Crippen LogP contribution in [-0.4, -0.2) is 28.5 Å². The smallest absolute Gasteiger partial charge is 0.262 e. The first-order valence-electron chi connectivity index (χ1n) is 8.16. The standard InChI is InChI=1S/C17H25N3OS/c1-11(2)9-20-14(10-19(3)4)18-16-15(17(20)21)12-7-5-6-8-13(12)22-16/h11H,5-10H2,1-4H3. The van der Waals surface area contributed by atoms with Gasteiger partial charge in [-0.1, -0.05) is 13.8 Å². The molecule has 0 spiro atoms. The molecule has 120 valence electrons. The largest absolute Gasteiger partial charge is 0.302 e. The van der Waals surface area contributed by atoms with Crippen LogP contribution in [0.4, 0.5) is 0 Å². The van der Waals surface area contributed by atoms with Gasteiger partial charge in [-0.05, 0) is 51.3 Å². The maximum Gasteiger partial charge on any atom is 0.262 e. The van der Waals surface area contributed by atoms with Gasteiger partial charge in [0.05, 0.1) is 11.9 Å². The Morgan fingerprint density at radius 3 is 2.68 bits per heavy atom. The second kappa shape index (κ2) is 6.13. The molecule has 2 heterocycles. The van der Waals surface area contributed by atoms with Crippen molar-refractivity contribution in [3.05, 3.63) is 26.6 Å². The lowest BCUT2D eigenvalue weighted by molar-refractivity contribution is 0.368. The van der Waals surface area contributed by atoms with Crippen LogP contribution >= 0.6 is 11.3 Å². The summed E-state index contributed by atoms with van der Waals surface area (Å²) in [6.45, 7) is 5.76. The third-order valence-corrected chi connectivity index (χ3v) is 5.34. The molecule has 0 bridgehead atoms. The molecule has 0 amide bonds. The number of aryl methyl sites for hydroxylation is 2. The van der Waals surface area contributed by atoms with Crippen LogP contribution in [0.1, 0.15) is 43.0 Å². The zero-order chi connectivity index (χ0) is 15.9. The fourth-order valence-corrected chi connectivity index (χ4v) is 4.51. The van der Waals surface area contributed by atoms with E-state index in [-0.39, 0.29) is 5.56 Å². The molecular formula is C17H25N3OS. The van der Waals surface area contributed by atoms with Crippen molar-refractivity contribution in [3.63, 3.8) is 0 Å². The lowest BCUT2D eigenvalue weighted by Crippen LogP contribution is -2.30. The summed E-state index contributed by atoms with van der Waals surface area (Å²) in [4.78, 5) is 22.4. The van der Waals surface area contributed by atoms with Crippen molar-refractivity contribution >= 4 is 21.6 Å². The third kappa shape index (κ3) is 2.84. The van der Waals surface area contributed by atoms with Crippen LogP contribution in [0.5, 0.6) is 0 Å². The molecule has 3 rings (SSSR count). The van der Waals surface area contributed by atoms with Crippen molar-refractivity contribution in [2.45, 2.75) is 52.6 Å². The molecule has 0 N–H and O–H groups in total. The molecular weight excluding hydrogens is 294 g/mol. The summed E-state index contributed by atoms with van der Waals surface area (Å²) in [6.07, 6.45) is 4.59. The number of aromatic nitrogens is 2. The SMILES string of the molecule is CC(C)Cn1c(CN(C)C)nc2sc3c(c2c1=O)CCCC3. The third-order valence-electron chi connectivity index (χ3n) is 4.16. The number of hydrogen-bond donors (Lipinski definition) is 0. The van der Waals surface area contributed by atoms with Gasteiger partial charge in [-0.2, -0.15) is 0 Å². The number of thiophene rings is 1. The highest BCUT2D eigenvalue weighted by molar-refractivity contribution is 7.18. The molecule has 0 saturated heterocycles. The summed E-state index contributed by atoms with van der Waals surface area (Å²) >= 11 is 1.74. The lowest BCUT2D eigenvalue weighted by Gasteiger charge is -2.17. The summed E-state index contributed by atoms with van der Waals surface area (Å²) in [7, 11) is 4.05. The molecule has 4 nitrogen and oxygen atoms in total. The maximum atomic E-state index is 13.1. The van der Waals surface area contributed by atoms with E-state index < -0.39 is 0 Å². The molecule has 0 fully saturated rings. The molecule has 0 aromatic carbocycles. The highest BCUT2D eigenvalue weighted by Crippen LogP contribution is 2.33. The van der Waals surface area contributed by atoms with Gasteiger partial charge in [-0.3, -0.25) is 9.36 Å². The van der Waals surface area contributed by atoms with Gasteiger partial charge in [0.25, 0.3) is 5.56 Å². The Morgan fingerprint density at radius 2 is 2.00 bits per heavy atom. The zero-order valence-electron chi connectivity index (χ0n) is 14.0. The first-order valence-corrected chi connectivity index (χ1v) is 8.97. The summed E-state index contributed by atoms with van der Waals surface area (Å²) in [6, 6.07) is 0. The Kier molecular flexibility index (Phi) is 4.37. The van der Waals surface area contributed by atoms with Crippen LogP contribution in [0.3, 0.4) is 0 Å². The van der Waals surface area contributed by atoms with E-state index in [4.69, 9.17) is 4.98 Å². The minimum Gasteiger partial charge on any atom is -0.302 e. The Balaban J connectivity index is 2.23. The molecule has 1 aliphatic carbocycles. The molecule has 0 aliphatic heterocycles. The van der Waals surface area contributed by atoms with Crippen LogP contribution in [0, 0.1) is 5.92 Å². The topological polar surface area (TPSA) is 38.1 Å². The van der Waals surface area contributed by atoms with Gasteiger partial charge >= 0.3 is 0 Å². The Bertz CT molecular complexity index is 742. The number of hydrogen-bond acceptors (Lipinski definition) is 4. The first kappa shape index (κ1) is 15.7. The fraction of sp³-hybridized carbons (Fsp3) is 0.647. The highest BCUT2D eigenvalue weighted by Gasteiger charge is 2.22. The minimum absolute atomic E-state index is 0.176. The summed E-state index contributed by atoms with van der Waals surface area (Å²) in [5, 5.41) is 0.905. The van der Waals surface area contributed by atoms with E-state index in [0.717, 1.165) is 35.4 Å². The van der Waals surface area contributed by atoms with Crippen molar-refractivity contribution in [2.24, 2.45) is 5.92 Å². The Hall–Kier alpha value is -1.20. The van der Waals surface area contributed by atoms with E-state index in [9.17, 15) is 4.79 Å². The predicted octanol–water partition coefficient (Wildman–Crippen LogP) is 3.05. The number of nitrogens with zero attached hydrogens (tertiary/aromatic N) is 3. The summed E-state index contributed by atoms with van der Waals surface area (Å²) < 4.78 is 1.91. The van der Waals surface area contributed by atoms with Crippen molar-refractivity contribution in [2.75, 3.05) is 14.1 Å². The van der Waals surface area contributed by atoms with Gasteiger partial charge in [0.15, 0.2) is 0 Å². The van der Waals surface area contributed by atoms with E-state index in [0.29, 0.717) is 12.5 Å². The van der Waals surface area contributed by atoms with Crippen LogP contribution in [0.25, 0.3) is 10.2 Å². The second-order valence-corrected chi connectivity index (χ2v) is 8.05. The van der Waals surface area contributed by atoms with Crippen molar-refractivity contribution in [1.29, 1.82) is 0 Å². The quantitative estimate of drug-likeness (QED) is 0.869. The number of fused-ring (bicyclic) bond motifs is 3. The van der Waals surface area contributed by atoms with Gasteiger partial charge in [-0.25, -0.2) is 4.98 Å². The summed E-state index contributed by atoms with van der Waals surface area (Å²) in [5.41, 5.74) is 1.47. The lowest BCUT2D eigenvalue weighted by atomic mass is 9.97. The van der Waals surface area contributed by atoms with Crippen LogP contribution in [-0.2, 0) is 25.9 Å². The maximum absolute atomic E-state index is 13.1. The second-order valence-electron chi connectivity index (χ2n) is 6.97. The molecule has 22 heavy (non-hydrogen) atoms. The fourth-order valence-electron chi connectivity index (χ4n) is 3.24.